The molecule has 1 rings (SSSR count). The largest absolute Gasteiger partial charge is 0.253 e. The van der Waals surface area contributed by atoms with Crippen LogP contribution in [0.4, 0.5) is 0 Å². The molecule has 13 heavy (non-hydrogen) atoms. The van der Waals surface area contributed by atoms with Crippen molar-refractivity contribution in [3.63, 3.8) is 0 Å². The van der Waals surface area contributed by atoms with Crippen LogP contribution < -0.4 is 0 Å². The molecule has 0 aromatic heterocycles. The summed E-state index contributed by atoms with van der Waals surface area (Å²) >= 11 is 0. The second kappa shape index (κ2) is 4.42. The molecule has 0 saturated heterocycles. The molecular weight excluding hydrogens is 182 g/mol. The predicted molar refractivity (Wildman–Crippen MR) is 56.2 cm³/mol. The molecule has 1 N–H and O–H groups in total. The molecule has 1 aromatic carbocycles. The molecule has 0 aliphatic carbocycles. The lowest BCUT2D eigenvalue weighted by atomic mass is 10.2. The highest BCUT2D eigenvalue weighted by atomic mass is 32.2. The van der Waals surface area contributed by atoms with Crippen molar-refractivity contribution in [2.75, 3.05) is 5.75 Å². The van der Waals surface area contributed by atoms with E-state index in [0.717, 1.165) is 12.0 Å². The first-order valence-corrected chi connectivity index (χ1v) is 6.32. The van der Waals surface area contributed by atoms with Crippen molar-refractivity contribution in [3.8, 4) is 0 Å². The summed E-state index contributed by atoms with van der Waals surface area (Å²) in [7, 11) is -2.38. The topological polar surface area (TPSA) is 40.9 Å². The van der Waals surface area contributed by atoms with Gasteiger partial charge in [0.05, 0.1) is 5.75 Å². The fourth-order valence-electron chi connectivity index (χ4n) is 1.25. The highest BCUT2D eigenvalue weighted by molar-refractivity contribution is 7.91. The summed E-state index contributed by atoms with van der Waals surface area (Å²) in [6, 6.07) is 9.59. The van der Waals surface area contributed by atoms with Gasteiger partial charge in [-0.3, -0.25) is 4.78 Å². The molecule has 1 aromatic rings. The van der Waals surface area contributed by atoms with Gasteiger partial charge in [-0.05, 0) is 12.0 Å². The van der Waals surface area contributed by atoms with Crippen LogP contribution in [0.25, 0.3) is 0 Å². The van der Waals surface area contributed by atoms with E-state index < -0.39 is 9.73 Å². The van der Waals surface area contributed by atoms with Gasteiger partial charge in [0.1, 0.15) is 0 Å². The monoisotopic (exact) mass is 197 g/mol. The fraction of sp³-hybridized carbons (Fsp3) is 0.400. The average molecular weight is 197 g/mol. The third-order valence-electron chi connectivity index (χ3n) is 1.78. The first-order valence-electron chi connectivity index (χ1n) is 4.42. The Balaban J connectivity index is 2.70. The summed E-state index contributed by atoms with van der Waals surface area (Å²) in [5, 5.41) is 0. The molecule has 0 saturated carbocycles. The Labute approximate surface area is 80.0 Å². The molecule has 2 nitrogen and oxygen atoms in total. The van der Waals surface area contributed by atoms with E-state index in [9.17, 15) is 4.21 Å². The highest BCUT2D eigenvalue weighted by Crippen LogP contribution is 2.07. The second-order valence-corrected chi connectivity index (χ2v) is 5.47. The molecule has 1 atom stereocenters. The van der Waals surface area contributed by atoms with Gasteiger partial charge in [-0.2, -0.15) is 0 Å². The number of hydrogen-bond donors (Lipinski definition) is 1. The summed E-state index contributed by atoms with van der Waals surface area (Å²) in [5.74, 6) is 0.892. The van der Waals surface area contributed by atoms with Crippen molar-refractivity contribution >= 4 is 9.73 Å². The molecule has 72 valence electrons. The SMILES string of the molecule is CCCS(=N)(=O)Cc1ccccc1. The molecule has 0 heterocycles. The van der Waals surface area contributed by atoms with Crippen LogP contribution in [0.2, 0.25) is 0 Å². The van der Waals surface area contributed by atoms with Crippen LogP contribution >= 0.6 is 0 Å². The summed E-state index contributed by atoms with van der Waals surface area (Å²) in [6.07, 6.45) is 0.815. The zero-order chi connectivity index (χ0) is 9.73. The van der Waals surface area contributed by atoms with Crippen molar-refractivity contribution in [1.82, 2.24) is 0 Å². The minimum Gasteiger partial charge on any atom is -0.253 e. The van der Waals surface area contributed by atoms with E-state index in [4.69, 9.17) is 4.78 Å². The number of rotatable bonds is 4. The third-order valence-corrected chi connectivity index (χ3v) is 3.64. The molecule has 1 unspecified atom stereocenters. The van der Waals surface area contributed by atoms with E-state index in [1.54, 1.807) is 0 Å². The number of hydrogen-bond acceptors (Lipinski definition) is 2. The highest BCUT2D eigenvalue weighted by Gasteiger charge is 2.05. The molecule has 0 amide bonds. The van der Waals surface area contributed by atoms with Crippen LogP contribution in [0.15, 0.2) is 30.3 Å². The number of nitrogens with one attached hydrogen (secondary N) is 1. The summed E-state index contributed by atoms with van der Waals surface area (Å²) < 4.78 is 19.2. The molecule has 0 aliphatic heterocycles. The Hall–Kier alpha value is -0.830. The quantitative estimate of drug-likeness (QED) is 0.792. The predicted octanol–water partition coefficient (Wildman–Crippen LogP) is 2.64. The van der Waals surface area contributed by atoms with E-state index in [2.05, 4.69) is 0 Å². The van der Waals surface area contributed by atoms with Gasteiger partial charge in [0.15, 0.2) is 0 Å². The molecule has 3 heteroatoms. The maximum Gasteiger partial charge on any atom is 0.0566 e. The maximum absolute atomic E-state index is 11.6. The first-order chi connectivity index (χ1) is 6.14. The van der Waals surface area contributed by atoms with Gasteiger partial charge >= 0.3 is 0 Å². The lowest BCUT2D eigenvalue weighted by Gasteiger charge is -2.05. The van der Waals surface area contributed by atoms with Crippen molar-refractivity contribution in [3.05, 3.63) is 35.9 Å². The van der Waals surface area contributed by atoms with Gasteiger partial charge in [-0.15, -0.1) is 0 Å². The molecule has 0 bridgehead atoms. The zero-order valence-electron chi connectivity index (χ0n) is 7.82. The van der Waals surface area contributed by atoms with Crippen LogP contribution in [0.5, 0.6) is 0 Å². The minimum absolute atomic E-state index is 0.391. The van der Waals surface area contributed by atoms with E-state index in [0.29, 0.717) is 11.5 Å². The molecule has 0 fully saturated rings. The van der Waals surface area contributed by atoms with E-state index in [1.165, 1.54) is 0 Å². The summed E-state index contributed by atoms with van der Waals surface area (Å²) in [6.45, 7) is 1.96. The molecular formula is C10H15NOS. The van der Waals surface area contributed by atoms with Crippen LogP contribution in [-0.4, -0.2) is 9.96 Å². The minimum atomic E-state index is -2.38. The lowest BCUT2D eigenvalue weighted by molar-refractivity contribution is 0.672. The Morgan fingerprint density at radius 3 is 2.46 bits per heavy atom. The Morgan fingerprint density at radius 1 is 1.31 bits per heavy atom. The molecule has 0 aliphatic rings. The smallest absolute Gasteiger partial charge is 0.0566 e. The zero-order valence-corrected chi connectivity index (χ0v) is 8.64. The Kier molecular flexibility index (Phi) is 3.48. The van der Waals surface area contributed by atoms with Gasteiger partial charge in [-0.1, -0.05) is 37.3 Å². The van der Waals surface area contributed by atoms with Crippen LogP contribution in [0, 0.1) is 4.78 Å². The Bertz CT molecular complexity index is 342. The van der Waals surface area contributed by atoms with Crippen molar-refractivity contribution in [2.24, 2.45) is 0 Å². The molecule has 0 radical (unpaired) electrons. The van der Waals surface area contributed by atoms with Crippen LogP contribution in [0.1, 0.15) is 18.9 Å². The van der Waals surface area contributed by atoms with Crippen molar-refractivity contribution in [1.29, 1.82) is 4.78 Å². The number of benzene rings is 1. The second-order valence-electron chi connectivity index (χ2n) is 3.15. The van der Waals surface area contributed by atoms with E-state index in [1.807, 2.05) is 37.3 Å². The van der Waals surface area contributed by atoms with Gasteiger partial charge in [0.25, 0.3) is 0 Å². The standard InChI is InChI=1S/C10H15NOS/c1-2-8-13(11,12)9-10-6-4-3-5-7-10/h3-7,11H,2,8-9H2,1H3. The van der Waals surface area contributed by atoms with Crippen molar-refractivity contribution < 1.29 is 4.21 Å². The van der Waals surface area contributed by atoms with Crippen molar-refractivity contribution in [2.45, 2.75) is 19.1 Å². The summed E-state index contributed by atoms with van der Waals surface area (Å²) in [5.41, 5.74) is 0.996. The average Bonchev–Trinajstić information content (AvgIpc) is 2.04. The van der Waals surface area contributed by atoms with Gasteiger partial charge in [0.2, 0.25) is 0 Å². The van der Waals surface area contributed by atoms with Crippen LogP contribution in [0.3, 0.4) is 0 Å². The first kappa shape index (κ1) is 10.3. The normalized spacial score (nSPS) is 15.2. The fourth-order valence-corrected chi connectivity index (χ4v) is 2.78. The molecule has 0 spiro atoms. The van der Waals surface area contributed by atoms with Gasteiger partial charge < -0.3 is 0 Å². The third kappa shape index (κ3) is 3.59. The maximum atomic E-state index is 11.6. The lowest BCUT2D eigenvalue weighted by Crippen LogP contribution is -2.06. The van der Waals surface area contributed by atoms with Crippen LogP contribution in [-0.2, 0) is 15.5 Å². The van der Waals surface area contributed by atoms with E-state index in [-0.39, 0.29) is 0 Å². The van der Waals surface area contributed by atoms with Gasteiger partial charge in [0, 0.05) is 15.5 Å². The van der Waals surface area contributed by atoms with Gasteiger partial charge in [-0.25, -0.2) is 4.21 Å². The Morgan fingerprint density at radius 2 is 1.92 bits per heavy atom. The summed E-state index contributed by atoms with van der Waals surface area (Å²) in [4.78, 5) is 0. The van der Waals surface area contributed by atoms with E-state index >= 15 is 0 Å².